The van der Waals surface area contributed by atoms with E-state index in [1.807, 2.05) is 0 Å². The molecule has 332 valence electrons. The first-order valence-electron chi connectivity index (χ1n) is 19.3. The van der Waals surface area contributed by atoms with Crippen LogP contribution in [0.3, 0.4) is 0 Å². The second kappa shape index (κ2) is 19.1. The third kappa shape index (κ3) is 14.4. The minimum atomic E-state index is -4.71. The molecule has 0 radical (unpaired) electrons. The number of sulfonamides is 1. The van der Waals surface area contributed by atoms with E-state index < -0.39 is 61.8 Å². The number of aromatic nitrogens is 4. The fourth-order valence-corrected chi connectivity index (χ4v) is 7.89. The molecule has 21 heteroatoms. The van der Waals surface area contributed by atoms with Crippen LogP contribution in [0.2, 0.25) is 56.4 Å². The van der Waals surface area contributed by atoms with E-state index in [0.717, 1.165) is 34.8 Å². The average molecular weight is 919 g/mol. The zero-order valence-electron chi connectivity index (χ0n) is 36.0. The number of carbonyl (C=O) groups excluding carboxylic acids is 1. The largest absolute Gasteiger partial charge is 0.464 e. The van der Waals surface area contributed by atoms with Crippen molar-refractivity contribution in [3.8, 4) is 17.0 Å². The first-order valence-corrected chi connectivity index (χ1v) is 28.9. The van der Waals surface area contributed by atoms with E-state index in [4.69, 9.17) is 30.8 Å². The smallest absolute Gasteiger partial charge is 0.393 e. The highest BCUT2D eigenvalue weighted by Gasteiger charge is 2.32. The third-order valence-corrected chi connectivity index (χ3v) is 13.7. The Labute approximate surface area is 356 Å². The van der Waals surface area contributed by atoms with Crippen molar-refractivity contribution in [1.29, 1.82) is 0 Å². The highest BCUT2D eigenvalue weighted by molar-refractivity contribution is 7.92. The molecule has 0 fully saturated rings. The van der Waals surface area contributed by atoms with Crippen LogP contribution in [0.25, 0.3) is 22.2 Å². The molecule has 0 aliphatic carbocycles. The quantitative estimate of drug-likeness (QED) is 0.0404. The van der Waals surface area contributed by atoms with Crippen molar-refractivity contribution >= 4 is 66.2 Å². The van der Waals surface area contributed by atoms with Crippen molar-refractivity contribution in [3.05, 3.63) is 58.1 Å². The molecule has 3 aromatic heterocycles. The summed E-state index contributed by atoms with van der Waals surface area (Å²) in [5.41, 5.74) is -0.864. The molecule has 0 saturated carbocycles. The van der Waals surface area contributed by atoms with Gasteiger partial charge in [-0.05, 0) is 62.7 Å². The molecule has 0 aliphatic rings. The van der Waals surface area contributed by atoms with Crippen LogP contribution < -0.4 is 19.7 Å². The lowest BCUT2D eigenvalue weighted by Crippen LogP contribution is -2.40. The molecular weight excluding hydrogens is 862 g/mol. The SMILES string of the molecule is CN(c1ncc(Cl)cc1CNc1nc(-c2cc(F)c(OCOCC[Si](C)(C)C)cc2CC(F)(F)F)cc2c1c(C(=O)NC(C)(C)C)nn2COCC[Si](C)(C)C)S(C)(=O)=O. The van der Waals surface area contributed by atoms with E-state index in [1.54, 1.807) is 20.8 Å². The van der Waals surface area contributed by atoms with Crippen LogP contribution >= 0.6 is 11.6 Å². The first kappa shape index (κ1) is 48.8. The standard InChI is InChI=1S/C39H56ClF4N7O6SSi2/c1-38(2,3)48-37(52)34-33-31(51(49-34)23-55-12-14-59(6,7)8)19-30(47-35(33)45-21-26-16-27(40)22-46-36(26)50(4)58(5,53)54)28-18-29(41)32(17-25(28)20-39(42,43)44)57-24-56-13-15-60(9,10)11/h16-19,22H,12-15,20-21,23-24H2,1-11H3,(H,45,47)(H,48,52). The molecule has 2 N–H and O–H groups in total. The van der Waals surface area contributed by atoms with Gasteiger partial charge in [-0.25, -0.2) is 27.5 Å². The second-order valence-corrected chi connectivity index (χ2v) is 31.8. The van der Waals surface area contributed by atoms with Gasteiger partial charge in [0.15, 0.2) is 24.1 Å². The van der Waals surface area contributed by atoms with Crippen molar-refractivity contribution in [2.45, 2.75) is 104 Å². The van der Waals surface area contributed by atoms with Gasteiger partial charge in [0.2, 0.25) is 10.0 Å². The van der Waals surface area contributed by atoms with Crippen LogP contribution in [0.4, 0.5) is 29.2 Å². The minimum Gasteiger partial charge on any atom is -0.464 e. The average Bonchev–Trinajstić information content (AvgIpc) is 3.46. The van der Waals surface area contributed by atoms with E-state index in [2.05, 4.69) is 60.0 Å². The van der Waals surface area contributed by atoms with E-state index in [1.165, 1.54) is 30.1 Å². The number of rotatable bonds is 19. The highest BCUT2D eigenvalue weighted by Crippen LogP contribution is 2.38. The Bertz CT molecular complexity index is 2280. The van der Waals surface area contributed by atoms with E-state index in [0.29, 0.717) is 18.8 Å². The van der Waals surface area contributed by atoms with Crippen molar-refractivity contribution in [2.75, 3.05) is 42.9 Å². The number of carbonyl (C=O) groups is 1. The number of anilines is 2. The van der Waals surface area contributed by atoms with Gasteiger partial charge in [0.1, 0.15) is 18.4 Å². The van der Waals surface area contributed by atoms with Crippen LogP contribution in [0.1, 0.15) is 42.4 Å². The first-order chi connectivity index (χ1) is 27.5. The van der Waals surface area contributed by atoms with Gasteiger partial charge >= 0.3 is 6.18 Å². The van der Waals surface area contributed by atoms with E-state index in [9.17, 15) is 26.4 Å². The monoisotopic (exact) mass is 917 g/mol. The van der Waals surface area contributed by atoms with Gasteiger partial charge in [0.25, 0.3) is 5.91 Å². The Hall–Kier alpha value is -3.83. The normalized spacial score (nSPS) is 12.9. The van der Waals surface area contributed by atoms with Crippen LogP contribution in [-0.2, 0) is 39.2 Å². The number of alkyl halides is 3. The third-order valence-electron chi connectivity index (χ3n) is 8.92. The fraction of sp³-hybridized carbons (Fsp3) is 0.538. The molecule has 0 saturated heterocycles. The van der Waals surface area contributed by atoms with Gasteiger partial charge in [0.05, 0.1) is 34.3 Å². The lowest BCUT2D eigenvalue weighted by Gasteiger charge is -2.21. The summed E-state index contributed by atoms with van der Waals surface area (Å²) in [5.74, 6) is -1.95. The zero-order chi connectivity index (χ0) is 45.0. The summed E-state index contributed by atoms with van der Waals surface area (Å²) in [6.07, 6.45) is -3.88. The number of amides is 1. The van der Waals surface area contributed by atoms with Crippen LogP contribution in [-0.4, -0.2) is 95.2 Å². The predicted octanol–water partition coefficient (Wildman–Crippen LogP) is 8.93. The van der Waals surface area contributed by atoms with Crippen molar-refractivity contribution in [3.63, 3.8) is 0 Å². The Balaban J connectivity index is 1.95. The van der Waals surface area contributed by atoms with Crippen LogP contribution in [0.15, 0.2) is 30.5 Å². The van der Waals surface area contributed by atoms with Gasteiger partial charge in [-0.3, -0.25) is 9.10 Å². The zero-order valence-corrected chi connectivity index (χ0v) is 39.6. The Morgan fingerprint density at radius 3 is 2.18 bits per heavy atom. The lowest BCUT2D eigenvalue weighted by molar-refractivity contribution is -0.127. The molecule has 1 aromatic carbocycles. The summed E-state index contributed by atoms with van der Waals surface area (Å²) in [5, 5.41) is 11.0. The predicted molar refractivity (Wildman–Crippen MR) is 233 cm³/mol. The Kier molecular flexibility index (Phi) is 15.5. The molecule has 4 aromatic rings. The second-order valence-electron chi connectivity index (χ2n) is 18.1. The maximum atomic E-state index is 15.9. The van der Waals surface area contributed by atoms with Crippen molar-refractivity contribution < 1.29 is 45.0 Å². The summed E-state index contributed by atoms with van der Waals surface area (Å²) in [4.78, 5) is 22.9. The number of benzene rings is 1. The van der Waals surface area contributed by atoms with Crippen molar-refractivity contribution in [2.24, 2.45) is 0 Å². The molecule has 0 spiro atoms. The summed E-state index contributed by atoms with van der Waals surface area (Å²) in [7, 11) is -5.43. The molecule has 0 bridgehead atoms. The van der Waals surface area contributed by atoms with Crippen LogP contribution in [0, 0.1) is 5.82 Å². The molecule has 60 heavy (non-hydrogen) atoms. The number of fused-ring (bicyclic) bond motifs is 1. The molecule has 0 unspecified atom stereocenters. The fourth-order valence-electron chi connectivity index (χ4n) is 5.72. The molecule has 0 aliphatic heterocycles. The topological polar surface area (TPSA) is 150 Å². The molecule has 1 amide bonds. The maximum absolute atomic E-state index is 15.9. The van der Waals surface area contributed by atoms with E-state index >= 15 is 4.39 Å². The summed E-state index contributed by atoms with van der Waals surface area (Å²) in [6.45, 7) is 18.5. The molecule has 0 atom stereocenters. The number of nitrogens with one attached hydrogen (secondary N) is 2. The van der Waals surface area contributed by atoms with Crippen molar-refractivity contribution in [1.82, 2.24) is 25.1 Å². The van der Waals surface area contributed by atoms with E-state index in [-0.39, 0.29) is 70.1 Å². The van der Waals surface area contributed by atoms with Gasteiger partial charge in [0, 0.05) is 65.8 Å². The van der Waals surface area contributed by atoms with Gasteiger partial charge < -0.3 is 24.8 Å². The number of nitrogens with zero attached hydrogens (tertiary/aromatic N) is 5. The molecular formula is C39H56ClF4N7O6SSi2. The Morgan fingerprint density at radius 1 is 0.967 bits per heavy atom. The van der Waals surface area contributed by atoms with Gasteiger partial charge in [-0.15, -0.1) is 0 Å². The summed E-state index contributed by atoms with van der Waals surface area (Å²) < 4.78 is 103. The number of halogens is 5. The summed E-state index contributed by atoms with van der Waals surface area (Å²) in [6, 6.07) is 6.47. The number of hydrogen-bond donors (Lipinski definition) is 2. The molecule has 4 rings (SSSR count). The molecule has 13 nitrogen and oxygen atoms in total. The van der Waals surface area contributed by atoms with Crippen LogP contribution in [0.5, 0.6) is 5.75 Å². The number of pyridine rings is 2. The van der Waals surface area contributed by atoms with Gasteiger partial charge in [-0.1, -0.05) is 50.9 Å². The number of hydrogen-bond acceptors (Lipinski definition) is 10. The Morgan fingerprint density at radius 2 is 1.60 bits per heavy atom. The lowest BCUT2D eigenvalue weighted by atomic mass is 9.99. The minimum absolute atomic E-state index is 0.0302. The van der Waals surface area contributed by atoms with Gasteiger partial charge in [-0.2, -0.15) is 18.3 Å². The summed E-state index contributed by atoms with van der Waals surface area (Å²) >= 11 is 6.31. The number of ether oxygens (including phenoxy) is 3. The maximum Gasteiger partial charge on any atom is 0.393 e. The highest BCUT2D eigenvalue weighted by atomic mass is 35.5. The molecule has 3 heterocycles.